The summed E-state index contributed by atoms with van der Waals surface area (Å²) < 4.78 is 2.12. The SMILES string of the molecule is CCN1CCc2c(c(CN(CC(C)C)C(=O)C3CC3)nn2-c2ccccc2)C1. The molecule has 1 saturated carbocycles. The molecule has 4 rings (SSSR count). The first kappa shape index (κ1) is 19.2. The topological polar surface area (TPSA) is 41.4 Å². The maximum Gasteiger partial charge on any atom is 0.226 e. The van der Waals surface area contributed by atoms with Crippen LogP contribution in [0.15, 0.2) is 30.3 Å². The molecule has 2 aliphatic rings. The number of hydrogen-bond donors (Lipinski definition) is 0. The van der Waals surface area contributed by atoms with Crippen LogP contribution in [0, 0.1) is 11.8 Å². The molecule has 0 unspecified atom stereocenters. The molecule has 5 heteroatoms. The van der Waals surface area contributed by atoms with Crippen LogP contribution in [0.5, 0.6) is 0 Å². The molecule has 150 valence electrons. The summed E-state index contributed by atoms with van der Waals surface area (Å²) >= 11 is 0. The Morgan fingerprint density at radius 1 is 1.25 bits per heavy atom. The average molecular weight is 381 g/mol. The normalized spacial score (nSPS) is 17.0. The van der Waals surface area contributed by atoms with Gasteiger partial charge in [-0.15, -0.1) is 0 Å². The van der Waals surface area contributed by atoms with Crippen molar-refractivity contribution in [3.05, 3.63) is 47.3 Å². The highest BCUT2D eigenvalue weighted by molar-refractivity contribution is 5.81. The van der Waals surface area contributed by atoms with Gasteiger partial charge in [-0.3, -0.25) is 9.69 Å². The number of aromatic nitrogens is 2. The molecule has 0 saturated heterocycles. The van der Waals surface area contributed by atoms with Gasteiger partial charge < -0.3 is 4.90 Å². The highest BCUT2D eigenvalue weighted by Crippen LogP contribution is 2.33. The molecule has 1 fully saturated rings. The predicted molar refractivity (Wildman–Crippen MR) is 111 cm³/mol. The highest BCUT2D eigenvalue weighted by Gasteiger charge is 2.35. The zero-order valence-corrected chi connectivity index (χ0v) is 17.4. The molecule has 1 aromatic carbocycles. The van der Waals surface area contributed by atoms with Crippen LogP contribution in [0.2, 0.25) is 0 Å². The number of hydrogen-bond acceptors (Lipinski definition) is 3. The molecular formula is C23H32N4O. The smallest absolute Gasteiger partial charge is 0.226 e. The summed E-state index contributed by atoms with van der Waals surface area (Å²) in [6.45, 7) is 11.1. The molecule has 1 amide bonds. The van der Waals surface area contributed by atoms with E-state index < -0.39 is 0 Å². The van der Waals surface area contributed by atoms with Crippen molar-refractivity contribution < 1.29 is 4.79 Å². The lowest BCUT2D eigenvalue weighted by Gasteiger charge is -2.28. The molecule has 5 nitrogen and oxygen atoms in total. The van der Waals surface area contributed by atoms with E-state index in [4.69, 9.17) is 5.10 Å². The lowest BCUT2D eigenvalue weighted by atomic mass is 10.0. The van der Waals surface area contributed by atoms with Crippen LogP contribution >= 0.6 is 0 Å². The second-order valence-corrected chi connectivity index (χ2v) is 8.62. The molecule has 0 atom stereocenters. The number of rotatable bonds is 7. The van der Waals surface area contributed by atoms with Gasteiger partial charge in [-0.05, 0) is 37.4 Å². The van der Waals surface area contributed by atoms with Gasteiger partial charge in [0.05, 0.1) is 23.6 Å². The summed E-state index contributed by atoms with van der Waals surface area (Å²) in [5, 5.41) is 5.04. The van der Waals surface area contributed by atoms with E-state index in [1.807, 2.05) is 6.07 Å². The zero-order chi connectivity index (χ0) is 19.7. The number of carbonyl (C=O) groups excluding carboxylic acids is 1. The minimum absolute atomic E-state index is 0.248. The Balaban J connectivity index is 1.69. The van der Waals surface area contributed by atoms with Gasteiger partial charge in [-0.1, -0.05) is 39.0 Å². The van der Waals surface area contributed by atoms with Gasteiger partial charge in [0, 0.05) is 37.5 Å². The molecule has 1 aromatic heterocycles. The summed E-state index contributed by atoms with van der Waals surface area (Å²) in [5.41, 5.74) is 4.83. The van der Waals surface area contributed by atoms with Crippen LogP contribution in [0.1, 0.15) is 50.6 Å². The Kier molecular flexibility index (Phi) is 5.54. The van der Waals surface area contributed by atoms with E-state index in [1.165, 1.54) is 11.3 Å². The lowest BCUT2D eigenvalue weighted by molar-refractivity contribution is -0.133. The fourth-order valence-electron chi connectivity index (χ4n) is 4.16. The number of para-hydroxylation sites is 1. The first-order chi connectivity index (χ1) is 13.6. The molecular weight excluding hydrogens is 348 g/mol. The molecule has 1 aliphatic heterocycles. The van der Waals surface area contributed by atoms with E-state index in [1.54, 1.807) is 0 Å². The first-order valence-corrected chi connectivity index (χ1v) is 10.7. The van der Waals surface area contributed by atoms with Gasteiger partial charge in [0.2, 0.25) is 5.91 Å². The number of carbonyl (C=O) groups is 1. The van der Waals surface area contributed by atoms with Crippen molar-refractivity contribution in [3.63, 3.8) is 0 Å². The lowest BCUT2D eigenvalue weighted by Crippen LogP contribution is -2.36. The quantitative estimate of drug-likeness (QED) is 0.736. The van der Waals surface area contributed by atoms with Crippen molar-refractivity contribution in [2.45, 2.75) is 53.1 Å². The second kappa shape index (κ2) is 8.08. The molecule has 0 N–H and O–H groups in total. The van der Waals surface area contributed by atoms with Crippen LogP contribution in [-0.4, -0.2) is 45.1 Å². The third kappa shape index (κ3) is 4.00. The van der Waals surface area contributed by atoms with Gasteiger partial charge in [0.25, 0.3) is 0 Å². The maximum absolute atomic E-state index is 12.9. The van der Waals surface area contributed by atoms with Gasteiger partial charge in [-0.2, -0.15) is 5.10 Å². The molecule has 0 radical (unpaired) electrons. The van der Waals surface area contributed by atoms with Crippen molar-refractivity contribution in [3.8, 4) is 5.69 Å². The third-order valence-electron chi connectivity index (χ3n) is 5.83. The van der Waals surface area contributed by atoms with Crippen LogP contribution in [0.25, 0.3) is 5.69 Å². The molecule has 1 aliphatic carbocycles. The van der Waals surface area contributed by atoms with Crippen molar-refractivity contribution in [2.24, 2.45) is 11.8 Å². The average Bonchev–Trinajstić information content (AvgIpc) is 3.50. The number of fused-ring (bicyclic) bond motifs is 1. The summed E-state index contributed by atoms with van der Waals surface area (Å²) in [6, 6.07) is 10.4. The van der Waals surface area contributed by atoms with Crippen molar-refractivity contribution >= 4 is 5.91 Å². The molecule has 28 heavy (non-hydrogen) atoms. The van der Waals surface area contributed by atoms with Gasteiger partial charge in [0.15, 0.2) is 0 Å². The Bertz CT molecular complexity index is 823. The molecule has 0 spiro atoms. The summed E-state index contributed by atoms with van der Waals surface area (Å²) in [6.07, 6.45) is 3.10. The fourth-order valence-corrected chi connectivity index (χ4v) is 4.16. The van der Waals surface area contributed by atoms with Crippen LogP contribution < -0.4 is 0 Å². The van der Waals surface area contributed by atoms with E-state index in [0.29, 0.717) is 18.4 Å². The summed E-state index contributed by atoms with van der Waals surface area (Å²) in [7, 11) is 0. The fraction of sp³-hybridized carbons (Fsp3) is 0.565. The van der Waals surface area contributed by atoms with Crippen molar-refractivity contribution in [1.82, 2.24) is 19.6 Å². The Labute approximate surface area is 168 Å². The monoisotopic (exact) mass is 380 g/mol. The minimum Gasteiger partial charge on any atom is -0.336 e. The van der Waals surface area contributed by atoms with Gasteiger partial charge in [0.1, 0.15) is 0 Å². The Hall–Kier alpha value is -2.14. The zero-order valence-electron chi connectivity index (χ0n) is 17.4. The highest BCUT2D eigenvalue weighted by atomic mass is 16.2. The maximum atomic E-state index is 12.9. The Morgan fingerprint density at radius 2 is 2.00 bits per heavy atom. The van der Waals surface area contributed by atoms with Crippen LogP contribution in [0.3, 0.4) is 0 Å². The van der Waals surface area contributed by atoms with E-state index in [-0.39, 0.29) is 5.92 Å². The standard InChI is InChI=1S/C23H32N4O/c1-4-25-13-12-22-20(15-25)21(24-27(22)19-8-6-5-7-9-19)16-26(14-17(2)3)23(28)18-10-11-18/h5-9,17-18H,4,10-16H2,1-3H3. The van der Waals surface area contributed by atoms with Gasteiger partial charge in [-0.25, -0.2) is 4.68 Å². The van der Waals surface area contributed by atoms with E-state index in [2.05, 4.69) is 59.5 Å². The number of benzene rings is 1. The van der Waals surface area contributed by atoms with Crippen LogP contribution in [-0.2, 0) is 24.3 Å². The first-order valence-electron chi connectivity index (χ1n) is 10.7. The number of likely N-dealkylation sites (N-methyl/N-ethyl adjacent to an activating group) is 1. The largest absolute Gasteiger partial charge is 0.336 e. The van der Waals surface area contributed by atoms with E-state index >= 15 is 0 Å². The molecule has 2 aromatic rings. The Morgan fingerprint density at radius 3 is 2.64 bits per heavy atom. The number of nitrogens with zero attached hydrogens (tertiary/aromatic N) is 4. The van der Waals surface area contributed by atoms with Crippen molar-refractivity contribution in [1.29, 1.82) is 0 Å². The van der Waals surface area contributed by atoms with Gasteiger partial charge >= 0.3 is 0 Å². The summed E-state index contributed by atoms with van der Waals surface area (Å²) in [4.78, 5) is 17.4. The van der Waals surface area contributed by atoms with Crippen molar-refractivity contribution in [2.75, 3.05) is 19.6 Å². The predicted octanol–water partition coefficient (Wildman–Crippen LogP) is 3.64. The van der Waals surface area contributed by atoms with E-state index in [0.717, 1.165) is 56.8 Å². The third-order valence-corrected chi connectivity index (χ3v) is 5.83. The second-order valence-electron chi connectivity index (χ2n) is 8.62. The minimum atomic E-state index is 0.248. The van der Waals surface area contributed by atoms with E-state index in [9.17, 15) is 4.79 Å². The molecule has 2 heterocycles. The number of amides is 1. The summed E-state index contributed by atoms with van der Waals surface area (Å²) in [5.74, 6) is 1.03. The molecule has 0 bridgehead atoms. The van der Waals surface area contributed by atoms with Crippen LogP contribution in [0.4, 0.5) is 0 Å².